The van der Waals surface area contributed by atoms with Gasteiger partial charge in [-0.2, -0.15) is 0 Å². The molecular weight excluding hydrogens is 296 g/mol. The molecule has 1 atom stereocenters. The molecule has 2 amide bonds. The van der Waals surface area contributed by atoms with Crippen LogP contribution < -0.4 is 4.74 Å². The highest BCUT2D eigenvalue weighted by Gasteiger charge is 2.32. The lowest BCUT2D eigenvalue weighted by Gasteiger charge is -2.33. The van der Waals surface area contributed by atoms with Gasteiger partial charge in [-0.05, 0) is 25.7 Å². The normalized spacial score (nSPS) is 21.3. The Bertz CT molecular complexity index is 569. The molecule has 1 aromatic rings. The fourth-order valence-electron chi connectivity index (χ4n) is 3.27. The zero-order valence-electron chi connectivity index (χ0n) is 13.4. The van der Waals surface area contributed by atoms with Crippen LogP contribution in [0.5, 0.6) is 6.01 Å². The molecule has 0 bridgehead atoms. The van der Waals surface area contributed by atoms with Crippen molar-refractivity contribution in [3.8, 4) is 6.01 Å². The molecule has 1 aromatic heterocycles. The summed E-state index contributed by atoms with van der Waals surface area (Å²) in [7, 11) is 1.48. The summed E-state index contributed by atoms with van der Waals surface area (Å²) in [6.07, 6.45) is 6.83. The molecule has 2 fully saturated rings. The molecule has 0 radical (unpaired) electrons. The number of amides is 2. The van der Waals surface area contributed by atoms with Gasteiger partial charge in [0.1, 0.15) is 0 Å². The van der Waals surface area contributed by atoms with E-state index >= 15 is 0 Å². The first-order valence-corrected chi connectivity index (χ1v) is 8.13. The molecule has 2 aliphatic rings. The Labute approximate surface area is 135 Å². The Balaban J connectivity index is 1.64. The second kappa shape index (κ2) is 6.93. The highest BCUT2D eigenvalue weighted by Crippen LogP contribution is 2.22. The van der Waals surface area contributed by atoms with E-state index < -0.39 is 0 Å². The largest absolute Gasteiger partial charge is 0.467 e. The molecule has 0 spiro atoms. The number of nitrogens with zero attached hydrogens (tertiary/aromatic N) is 4. The average molecular weight is 318 g/mol. The van der Waals surface area contributed by atoms with Gasteiger partial charge in [-0.1, -0.05) is 0 Å². The molecular formula is C16H22N4O3. The number of piperidine rings is 1. The van der Waals surface area contributed by atoms with E-state index in [1.807, 2.05) is 4.90 Å². The van der Waals surface area contributed by atoms with E-state index in [4.69, 9.17) is 4.74 Å². The number of ether oxygens (including phenoxy) is 1. The van der Waals surface area contributed by atoms with E-state index in [0.717, 1.165) is 38.8 Å². The molecule has 23 heavy (non-hydrogen) atoms. The Kier molecular flexibility index (Phi) is 4.73. The van der Waals surface area contributed by atoms with Crippen LogP contribution in [0, 0.1) is 5.92 Å². The predicted molar refractivity (Wildman–Crippen MR) is 83.0 cm³/mol. The smallest absolute Gasteiger partial charge is 0.316 e. The van der Waals surface area contributed by atoms with Crippen LogP contribution in [0.15, 0.2) is 12.4 Å². The van der Waals surface area contributed by atoms with Crippen LogP contribution in [0.3, 0.4) is 0 Å². The van der Waals surface area contributed by atoms with Gasteiger partial charge >= 0.3 is 6.01 Å². The van der Waals surface area contributed by atoms with E-state index in [1.54, 1.807) is 4.90 Å². The zero-order chi connectivity index (χ0) is 16.2. The van der Waals surface area contributed by atoms with Crippen LogP contribution in [0.4, 0.5) is 0 Å². The van der Waals surface area contributed by atoms with E-state index in [0.29, 0.717) is 18.7 Å². The minimum Gasteiger partial charge on any atom is -0.467 e. The van der Waals surface area contributed by atoms with E-state index in [-0.39, 0.29) is 23.7 Å². The van der Waals surface area contributed by atoms with E-state index in [2.05, 4.69) is 9.97 Å². The Morgan fingerprint density at radius 2 is 1.74 bits per heavy atom. The Hall–Kier alpha value is -2.18. The van der Waals surface area contributed by atoms with Crippen LogP contribution in [-0.4, -0.2) is 64.9 Å². The summed E-state index contributed by atoms with van der Waals surface area (Å²) < 4.78 is 4.90. The number of hydrogen-bond acceptors (Lipinski definition) is 5. The molecule has 0 saturated carbocycles. The van der Waals surface area contributed by atoms with Gasteiger partial charge < -0.3 is 14.5 Å². The quantitative estimate of drug-likeness (QED) is 0.830. The number of rotatable bonds is 3. The summed E-state index contributed by atoms with van der Waals surface area (Å²) in [4.78, 5) is 36.7. The second-order valence-electron chi connectivity index (χ2n) is 6.08. The first kappa shape index (κ1) is 15.7. The Morgan fingerprint density at radius 3 is 2.39 bits per heavy atom. The minimum atomic E-state index is -0.119. The summed E-state index contributed by atoms with van der Waals surface area (Å²) in [6, 6.07) is 0.238. The van der Waals surface area contributed by atoms with Crippen LogP contribution >= 0.6 is 0 Å². The number of hydrogen-bond donors (Lipinski definition) is 0. The molecule has 7 heteroatoms. The third kappa shape index (κ3) is 3.43. The number of methoxy groups -OCH3 is 1. The third-order valence-corrected chi connectivity index (χ3v) is 4.53. The Morgan fingerprint density at radius 1 is 1.09 bits per heavy atom. The summed E-state index contributed by atoms with van der Waals surface area (Å²) in [6.45, 7) is 2.88. The maximum atomic E-state index is 12.6. The SMILES string of the molecule is COc1ncc(C(=O)N2CCC[C@H](C(=O)N3CCCC3)C2)cn1. The van der Waals surface area contributed by atoms with Crippen LogP contribution in [0.2, 0.25) is 0 Å². The summed E-state index contributed by atoms with van der Waals surface area (Å²) in [5, 5.41) is 0. The van der Waals surface area contributed by atoms with Gasteiger partial charge in [-0.25, -0.2) is 9.97 Å². The summed E-state index contributed by atoms with van der Waals surface area (Å²) in [5.41, 5.74) is 0.431. The van der Waals surface area contributed by atoms with Gasteiger partial charge in [0.15, 0.2) is 0 Å². The monoisotopic (exact) mass is 318 g/mol. The van der Waals surface area contributed by atoms with Crippen LogP contribution in [0.25, 0.3) is 0 Å². The number of likely N-dealkylation sites (tertiary alicyclic amines) is 2. The predicted octanol–water partition coefficient (Wildman–Crippen LogP) is 0.960. The van der Waals surface area contributed by atoms with Crippen molar-refractivity contribution in [3.63, 3.8) is 0 Å². The molecule has 0 aliphatic carbocycles. The van der Waals surface area contributed by atoms with Crippen molar-refractivity contribution < 1.29 is 14.3 Å². The number of carbonyl (C=O) groups is 2. The van der Waals surface area contributed by atoms with Crippen molar-refractivity contribution in [2.75, 3.05) is 33.3 Å². The van der Waals surface area contributed by atoms with Crippen molar-refractivity contribution in [3.05, 3.63) is 18.0 Å². The molecule has 0 N–H and O–H groups in total. The molecule has 0 unspecified atom stereocenters. The fraction of sp³-hybridized carbons (Fsp3) is 0.625. The van der Waals surface area contributed by atoms with Crippen molar-refractivity contribution in [2.45, 2.75) is 25.7 Å². The van der Waals surface area contributed by atoms with Gasteiger partial charge in [0.25, 0.3) is 5.91 Å². The van der Waals surface area contributed by atoms with Crippen LogP contribution in [0.1, 0.15) is 36.0 Å². The number of carbonyl (C=O) groups excluding carboxylic acids is 2. The van der Waals surface area contributed by atoms with Gasteiger partial charge in [0.2, 0.25) is 5.91 Å². The van der Waals surface area contributed by atoms with Crippen molar-refractivity contribution in [1.82, 2.24) is 19.8 Å². The lowest BCUT2D eigenvalue weighted by Crippen LogP contribution is -2.46. The molecule has 2 saturated heterocycles. The fourth-order valence-corrected chi connectivity index (χ4v) is 3.27. The highest BCUT2D eigenvalue weighted by molar-refractivity contribution is 5.94. The lowest BCUT2D eigenvalue weighted by atomic mass is 9.96. The van der Waals surface area contributed by atoms with Crippen LogP contribution in [-0.2, 0) is 4.79 Å². The van der Waals surface area contributed by atoms with Gasteiger partial charge in [-0.15, -0.1) is 0 Å². The zero-order valence-corrected chi connectivity index (χ0v) is 13.4. The maximum absolute atomic E-state index is 12.6. The van der Waals surface area contributed by atoms with E-state index in [9.17, 15) is 9.59 Å². The molecule has 0 aromatic carbocycles. The van der Waals surface area contributed by atoms with Crippen molar-refractivity contribution in [1.29, 1.82) is 0 Å². The molecule has 7 nitrogen and oxygen atoms in total. The first-order chi connectivity index (χ1) is 11.2. The van der Waals surface area contributed by atoms with Crippen molar-refractivity contribution in [2.24, 2.45) is 5.92 Å². The minimum absolute atomic E-state index is 0.0787. The van der Waals surface area contributed by atoms with Gasteiger partial charge in [0, 0.05) is 38.6 Å². The molecule has 124 valence electrons. The van der Waals surface area contributed by atoms with Gasteiger partial charge in [-0.3, -0.25) is 9.59 Å². The third-order valence-electron chi connectivity index (χ3n) is 4.53. The van der Waals surface area contributed by atoms with Crippen molar-refractivity contribution >= 4 is 11.8 Å². The average Bonchev–Trinajstić information content (AvgIpc) is 3.15. The molecule has 3 heterocycles. The molecule has 2 aliphatic heterocycles. The molecule has 3 rings (SSSR count). The van der Waals surface area contributed by atoms with E-state index in [1.165, 1.54) is 19.5 Å². The topological polar surface area (TPSA) is 75.6 Å². The summed E-state index contributed by atoms with van der Waals surface area (Å²) >= 11 is 0. The maximum Gasteiger partial charge on any atom is 0.316 e. The standard InChI is InChI=1S/C16H22N4O3/c1-23-16-17-9-13(10-18-16)15(22)20-8-4-5-12(11-20)14(21)19-6-2-3-7-19/h9-10,12H,2-8,11H2,1H3/t12-/m0/s1. The first-order valence-electron chi connectivity index (χ1n) is 8.13. The highest BCUT2D eigenvalue weighted by atomic mass is 16.5. The summed E-state index contributed by atoms with van der Waals surface area (Å²) in [5.74, 6) is 0.00234. The lowest BCUT2D eigenvalue weighted by molar-refractivity contribution is -0.135. The number of aromatic nitrogens is 2. The van der Waals surface area contributed by atoms with Gasteiger partial charge in [0.05, 0.1) is 18.6 Å². The second-order valence-corrected chi connectivity index (χ2v) is 6.08.